The molecule has 1 heterocycles. The average molecular weight is 163 g/mol. The fourth-order valence-electron chi connectivity index (χ4n) is 1.09. The highest BCUT2D eigenvalue weighted by atomic mass is 14.9. The molecule has 1 N–H and O–H groups in total. The number of rotatable bonds is 3. The van der Waals surface area contributed by atoms with Crippen molar-refractivity contribution in [1.82, 2.24) is 4.98 Å². The number of nitrogens with zero attached hydrogens (tertiary/aromatic N) is 1. The van der Waals surface area contributed by atoms with Crippen molar-refractivity contribution in [3.05, 3.63) is 24.0 Å². The van der Waals surface area contributed by atoms with Gasteiger partial charge >= 0.3 is 0 Å². The van der Waals surface area contributed by atoms with Crippen LogP contribution in [-0.2, 0) is 6.42 Å². The molecule has 0 saturated carbocycles. The summed E-state index contributed by atoms with van der Waals surface area (Å²) in [7, 11) is 0. The van der Waals surface area contributed by atoms with Crippen LogP contribution >= 0.6 is 0 Å². The standard InChI is InChI=1S/C10H15N2/c1-4-9-5-6-11-7-10(9)12-8(2)3/h5-6,8,12H,4H2,1-3H3. The van der Waals surface area contributed by atoms with Crippen molar-refractivity contribution in [2.24, 2.45) is 0 Å². The van der Waals surface area contributed by atoms with E-state index in [1.807, 2.05) is 6.07 Å². The summed E-state index contributed by atoms with van der Waals surface area (Å²) >= 11 is 0. The number of hydrogen-bond acceptors (Lipinski definition) is 2. The molecule has 1 rings (SSSR count). The minimum atomic E-state index is 0.441. The van der Waals surface area contributed by atoms with E-state index in [1.54, 1.807) is 6.20 Å². The number of anilines is 1. The summed E-state index contributed by atoms with van der Waals surface area (Å²) in [5, 5.41) is 3.31. The van der Waals surface area contributed by atoms with Crippen LogP contribution in [0.15, 0.2) is 12.3 Å². The number of nitrogens with one attached hydrogen (secondary N) is 1. The molecule has 0 fully saturated rings. The van der Waals surface area contributed by atoms with Crippen molar-refractivity contribution in [2.75, 3.05) is 5.32 Å². The molecule has 0 aliphatic rings. The van der Waals surface area contributed by atoms with Crippen LogP contribution < -0.4 is 5.32 Å². The van der Waals surface area contributed by atoms with Gasteiger partial charge in [-0.25, -0.2) is 0 Å². The number of aryl methyl sites for hydroxylation is 1. The van der Waals surface area contributed by atoms with Crippen molar-refractivity contribution in [1.29, 1.82) is 0 Å². The molecule has 12 heavy (non-hydrogen) atoms. The first-order valence-corrected chi connectivity index (χ1v) is 4.36. The van der Waals surface area contributed by atoms with Gasteiger partial charge in [0.2, 0.25) is 0 Å². The van der Waals surface area contributed by atoms with E-state index < -0.39 is 0 Å². The Kier molecular flexibility index (Phi) is 3.09. The van der Waals surface area contributed by atoms with Gasteiger partial charge in [-0.05, 0) is 31.9 Å². The number of aromatic nitrogens is 1. The maximum atomic E-state index is 3.96. The topological polar surface area (TPSA) is 24.9 Å². The predicted molar refractivity (Wildman–Crippen MR) is 51.2 cm³/mol. The van der Waals surface area contributed by atoms with Crippen LogP contribution in [0.2, 0.25) is 0 Å². The van der Waals surface area contributed by atoms with Gasteiger partial charge in [0, 0.05) is 12.2 Å². The molecule has 0 atom stereocenters. The van der Waals surface area contributed by atoms with Crippen molar-refractivity contribution in [3.8, 4) is 0 Å². The summed E-state index contributed by atoms with van der Waals surface area (Å²) in [6.07, 6.45) is 5.76. The molecule has 2 nitrogen and oxygen atoms in total. The van der Waals surface area contributed by atoms with Crippen LogP contribution in [0, 0.1) is 6.20 Å². The van der Waals surface area contributed by atoms with Gasteiger partial charge in [0.25, 0.3) is 0 Å². The van der Waals surface area contributed by atoms with E-state index in [9.17, 15) is 0 Å². The van der Waals surface area contributed by atoms with E-state index in [0.29, 0.717) is 6.04 Å². The second-order valence-corrected chi connectivity index (χ2v) is 3.11. The lowest BCUT2D eigenvalue weighted by Crippen LogP contribution is -2.11. The molecule has 0 spiro atoms. The summed E-state index contributed by atoms with van der Waals surface area (Å²) in [6.45, 7) is 6.36. The summed E-state index contributed by atoms with van der Waals surface area (Å²) in [5.41, 5.74) is 2.31. The zero-order chi connectivity index (χ0) is 8.97. The quantitative estimate of drug-likeness (QED) is 0.739. The maximum Gasteiger partial charge on any atom is 0.114 e. The lowest BCUT2D eigenvalue weighted by atomic mass is 10.1. The van der Waals surface area contributed by atoms with E-state index in [2.05, 4.69) is 37.3 Å². The van der Waals surface area contributed by atoms with Gasteiger partial charge in [0.05, 0.1) is 5.69 Å². The normalized spacial score (nSPS) is 10.3. The van der Waals surface area contributed by atoms with Crippen LogP contribution in [0.4, 0.5) is 5.69 Å². The third kappa shape index (κ3) is 2.22. The lowest BCUT2D eigenvalue weighted by molar-refractivity contribution is 0.890. The Hall–Kier alpha value is -1.05. The highest BCUT2D eigenvalue weighted by Gasteiger charge is 2.00. The average Bonchev–Trinajstić information content (AvgIpc) is 2.04. The molecular weight excluding hydrogens is 148 g/mol. The second-order valence-electron chi connectivity index (χ2n) is 3.11. The monoisotopic (exact) mass is 163 g/mol. The summed E-state index contributed by atoms with van der Waals surface area (Å²) < 4.78 is 0. The minimum absolute atomic E-state index is 0.441. The zero-order valence-electron chi connectivity index (χ0n) is 7.89. The minimum Gasteiger partial charge on any atom is -0.381 e. The molecule has 1 aromatic heterocycles. The van der Waals surface area contributed by atoms with Gasteiger partial charge < -0.3 is 5.32 Å². The molecule has 1 aromatic rings. The molecule has 0 unspecified atom stereocenters. The Bertz CT molecular complexity index is 243. The molecule has 65 valence electrons. The Morgan fingerprint density at radius 3 is 2.92 bits per heavy atom. The SMILES string of the molecule is CCc1ccn[c]c1NC(C)C. The highest BCUT2D eigenvalue weighted by Crippen LogP contribution is 2.13. The Balaban J connectivity index is 2.82. The van der Waals surface area contributed by atoms with Crippen molar-refractivity contribution in [3.63, 3.8) is 0 Å². The third-order valence-electron chi connectivity index (χ3n) is 1.66. The fraction of sp³-hybridized carbons (Fsp3) is 0.500. The van der Waals surface area contributed by atoms with Crippen molar-refractivity contribution in [2.45, 2.75) is 33.2 Å². The number of hydrogen-bond donors (Lipinski definition) is 1. The first-order chi connectivity index (χ1) is 5.74. The van der Waals surface area contributed by atoms with Crippen molar-refractivity contribution >= 4 is 5.69 Å². The summed E-state index contributed by atoms with van der Waals surface area (Å²) in [4.78, 5) is 3.96. The van der Waals surface area contributed by atoms with Gasteiger partial charge in [-0.2, -0.15) is 0 Å². The van der Waals surface area contributed by atoms with E-state index in [4.69, 9.17) is 0 Å². The largest absolute Gasteiger partial charge is 0.381 e. The van der Waals surface area contributed by atoms with E-state index in [0.717, 1.165) is 12.1 Å². The summed E-state index contributed by atoms with van der Waals surface area (Å²) in [6, 6.07) is 2.47. The van der Waals surface area contributed by atoms with E-state index in [-0.39, 0.29) is 0 Å². The molecule has 0 saturated heterocycles. The smallest absolute Gasteiger partial charge is 0.114 e. The van der Waals surface area contributed by atoms with E-state index in [1.165, 1.54) is 5.56 Å². The molecule has 0 amide bonds. The van der Waals surface area contributed by atoms with Crippen molar-refractivity contribution < 1.29 is 0 Å². The van der Waals surface area contributed by atoms with Gasteiger partial charge in [0.15, 0.2) is 0 Å². The predicted octanol–water partition coefficient (Wildman–Crippen LogP) is 2.26. The second kappa shape index (κ2) is 4.10. The van der Waals surface area contributed by atoms with Gasteiger partial charge in [-0.1, -0.05) is 6.92 Å². The zero-order valence-corrected chi connectivity index (χ0v) is 7.89. The van der Waals surface area contributed by atoms with Gasteiger partial charge in [0.1, 0.15) is 6.20 Å². The van der Waals surface area contributed by atoms with Crippen LogP contribution in [0.3, 0.4) is 0 Å². The van der Waals surface area contributed by atoms with Crippen LogP contribution in [-0.4, -0.2) is 11.0 Å². The fourth-order valence-corrected chi connectivity index (χ4v) is 1.09. The van der Waals surface area contributed by atoms with Crippen LogP contribution in [0.1, 0.15) is 26.3 Å². The first kappa shape index (κ1) is 9.04. The molecule has 0 bridgehead atoms. The molecule has 0 aromatic carbocycles. The van der Waals surface area contributed by atoms with E-state index >= 15 is 0 Å². The molecule has 0 aliphatic heterocycles. The Morgan fingerprint density at radius 2 is 2.33 bits per heavy atom. The van der Waals surface area contributed by atoms with Gasteiger partial charge in [-0.3, -0.25) is 4.98 Å². The van der Waals surface area contributed by atoms with Crippen LogP contribution in [0.5, 0.6) is 0 Å². The molecule has 1 radical (unpaired) electrons. The summed E-state index contributed by atoms with van der Waals surface area (Å²) in [5.74, 6) is 0. The number of pyridine rings is 1. The Labute approximate surface area is 74.0 Å². The molecule has 2 heteroatoms. The molecular formula is C10H15N2. The lowest BCUT2D eigenvalue weighted by Gasteiger charge is -2.12. The maximum absolute atomic E-state index is 3.96. The first-order valence-electron chi connectivity index (χ1n) is 4.36. The third-order valence-corrected chi connectivity index (χ3v) is 1.66. The van der Waals surface area contributed by atoms with Crippen LogP contribution in [0.25, 0.3) is 0 Å². The molecule has 0 aliphatic carbocycles. The van der Waals surface area contributed by atoms with Gasteiger partial charge in [-0.15, -0.1) is 0 Å². The Morgan fingerprint density at radius 1 is 1.58 bits per heavy atom. The highest BCUT2D eigenvalue weighted by molar-refractivity contribution is 5.48.